The van der Waals surface area contributed by atoms with Gasteiger partial charge in [-0.3, -0.25) is 0 Å². The van der Waals surface area contributed by atoms with Crippen molar-refractivity contribution in [3.05, 3.63) is 0 Å². The third-order valence-corrected chi connectivity index (χ3v) is 3.48. The van der Waals surface area contributed by atoms with Gasteiger partial charge in [0, 0.05) is 6.04 Å². The molecule has 1 aliphatic carbocycles. The van der Waals surface area contributed by atoms with Crippen molar-refractivity contribution in [1.29, 1.82) is 0 Å². The Labute approximate surface area is 79.3 Å². The van der Waals surface area contributed by atoms with Crippen LogP contribution in [-0.2, 0) is 4.74 Å². The summed E-state index contributed by atoms with van der Waals surface area (Å²) < 4.78 is 5.02. The minimum atomic E-state index is -0.706. The van der Waals surface area contributed by atoms with Crippen LogP contribution in [0.3, 0.4) is 0 Å². The smallest absolute Gasteiger partial charge is 0.126 e. The van der Waals surface area contributed by atoms with Gasteiger partial charge in [0.1, 0.15) is 5.60 Å². The van der Waals surface area contributed by atoms with Crippen molar-refractivity contribution in [1.82, 2.24) is 0 Å². The average Bonchev–Trinajstić information content (AvgIpc) is 2.14. The Hall–Kier alpha value is -0.120. The molecule has 2 aliphatic rings. The summed E-state index contributed by atoms with van der Waals surface area (Å²) >= 11 is 0. The van der Waals surface area contributed by atoms with Crippen LogP contribution in [0, 0.1) is 5.92 Å². The maximum Gasteiger partial charge on any atom is 0.126 e. The molecule has 0 aromatic heterocycles. The van der Waals surface area contributed by atoms with Crippen molar-refractivity contribution in [2.75, 3.05) is 13.2 Å². The zero-order valence-electron chi connectivity index (χ0n) is 8.04. The molecular weight excluding hydrogens is 166 g/mol. The van der Waals surface area contributed by atoms with Gasteiger partial charge in [-0.2, -0.15) is 0 Å². The molecule has 3 N–H and O–H groups in total. The van der Waals surface area contributed by atoms with Gasteiger partial charge in [0.2, 0.25) is 0 Å². The third-order valence-electron chi connectivity index (χ3n) is 3.48. The van der Waals surface area contributed by atoms with Gasteiger partial charge < -0.3 is 15.6 Å². The lowest BCUT2D eigenvalue weighted by Crippen LogP contribution is -2.64. The highest BCUT2D eigenvalue weighted by Gasteiger charge is 2.45. The molecule has 0 radical (unpaired) electrons. The molecule has 76 valence electrons. The second-order valence-corrected chi connectivity index (χ2v) is 4.52. The Bertz CT molecular complexity index is 174. The summed E-state index contributed by atoms with van der Waals surface area (Å²) in [6.07, 6.45) is 6.25. The van der Waals surface area contributed by atoms with Gasteiger partial charge in [0.15, 0.2) is 0 Å². The van der Waals surface area contributed by atoms with Gasteiger partial charge in [-0.15, -0.1) is 0 Å². The molecule has 1 saturated heterocycles. The zero-order chi connectivity index (χ0) is 9.31. The van der Waals surface area contributed by atoms with Crippen molar-refractivity contribution in [3.63, 3.8) is 0 Å². The molecule has 0 spiro atoms. The monoisotopic (exact) mass is 185 g/mol. The van der Waals surface area contributed by atoms with Crippen LogP contribution in [0.4, 0.5) is 0 Å². The highest BCUT2D eigenvalue weighted by atomic mass is 16.5. The van der Waals surface area contributed by atoms with Crippen molar-refractivity contribution >= 4 is 0 Å². The summed E-state index contributed by atoms with van der Waals surface area (Å²) in [5.74, 6) is 0.516. The topological polar surface area (TPSA) is 55.5 Å². The van der Waals surface area contributed by atoms with E-state index in [1.807, 2.05) is 0 Å². The number of aliphatic hydroxyl groups is 1. The van der Waals surface area contributed by atoms with Crippen LogP contribution in [0.5, 0.6) is 0 Å². The molecular formula is C10H19NO2. The highest BCUT2D eigenvalue weighted by Crippen LogP contribution is 2.32. The Kier molecular flexibility index (Phi) is 2.58. The van der Waals surface area contributed by atoms with Gasteiger partial charge in [0.25, 0.3) is 0 Å². The minimum Gasteiger partial charge on any atom is -0.383 e. The molecule has 2 fully saturated rings. The number of hydrogen-bond donors (Lipinski definition) is 2. The molecule has 0 bridgehead atoms. The van der Waals surface area contributed by atoms with Gasteiger partial charge >= 0.3 is 0 Å². The lowest BCUT2D eigenvalue weighted by Gasteiger charge is -2.45. The van der Waals surface area contributed by atoms with E-state index in [1.54, 1.807) is 0 Å². The molecule has 1 saturated carbocycles. The predicted molar refractivity (Wildman–Crippen MR) is 50.3 cm³/mol. The standard InChI is InChI=1S/C10H19NO2/c11-9(10(12)6-13-7-10)8-4-2-1-3-5-8/h8-9,12H,1-7,11H2. The lowest BCUT2D eigenvalue weighted by atomic mass is 9.76. The molecule has 2 rings (SSSR count). The SMILES string of the molecule is NC(C1CCCCC1)C1(O)COC1. The Morgan fingerprint density at radius 1 is 1.23 bits per heavy atom. The van der Waals surface area contributed by atoms with E-state index in [0.29, 0.717) is 19.1 Å². The Morgan fingerprint density at radius 3 is 2.31 bits per heavy atom. The summed E-state index contributed by atoms with van der Waals surface area (Å²) in [5.41, 5.74) is 5.35. The first-order chi connectivity index (χ1) is 6.22. The number of nitrogens with two attached hydrogens (primary N) is 1. The summed E-state index contributed by atoms with van der Waals surface area (Å²) in [6, 6.07) is -0.0680. The molecule has 1 aliphatic heterocycles. The third kappa shape index (κ3) is 1.73. The van der Waals surface area contributed by atoms with Crippen LogP contribution in [0.1, 0.15) is 32.1 Å². The summed E-state index contributed by atoms with van der Waals surface area (Å²) in [6.45, 7) is 0.870. The van der Waals surface area contributed by atoms with Crippen LogP contribution in [0.15, 0.2) is 0 Å². The maximum absolute atomic E-state index is 9.98. The van der Waals surface area contributed by atoms with Crippen molar-refractivity contribution in [3.8, 4) is 0 Å². The Balaban J connectivity index is 1.90. The fourth-order valence-electron chi connectivity index (χ4n) is 2.44. The van der Waals surface area contributed by atoms with Crippen LogP contribution in [-0.4, -0.2) is 30.0 Å². The number of hydrogen-bond acceptors (Lipinski definition) is 3. The van der Waals surface area contributed by atoms with E-state index in [0.717, 1.165) is 0 Å². The van der Waals surface area contributed by atoms with Gasteiger partial charge in [0.05, 0.1) is 13.2 Å². The average molecular weight is 185 g/mol. The van der Waals surface area contributed by atoms with E-state index >= 15 is 0 Å². The quantitative estimate of drug-likeness (QED) is 0.664. The molecule has 3 heteroatoms. The molecule has 0 aromatic carbocycles. The summed E-state index contributed by atoms with van der Waals surface area (Å²) in [4.78, 5) is 0. The summed E-state index contributed by atoms with van der Waals surface area (Å²) in [7, 11) is 0. The molecule has 3 nitrogen and oxygen atoms in total. The van der Waals surface area contributed by atoms with Crippen LogP contribution < -0.4 is 5.73 Å². The first-order valence-electron chi connectivity index (χ1n) is 5.28. The van der Waals surface area contributed by atoms with E-state index in [4.69, 9.17) is 10.5 Å². The molecule has 0 amide bonds. The van der Waals surface area contributed by atoms with Crippen molar-refractivity contribution in [2.45, 2.75) is 43.7 Å². The second-order valence-electron chi connectivity index (χ2n) is 4.52. The van der Waals surface area contributed by atoms with E-state index in [2.05, 4.69) is 0 Å². The van der Waals surface area contributed by atoms with E-state index in [9.17, 15) is 5.11 Å². The minimum absolute atomic E-state index is 0.0680. The molecule has 1 unspecified atom stereocenters. The highest BCUT2D eigenvalue weighted by molar-refractivity contribution is 4.98. The molecule has 1 atom stereocenters. The largest absolute Gasteiger partial charge is 0.383 e. The summed E-state index contributed by atoms with van der Waals surface area (Å²) in [5, 5.41) is 9.98. The fourth-order valence-corrected chi connectivity index (χ4v) is 2.44. The van der Waals surface area contributed by atoms with Gasteiger partial charge in [-0.25, -0.2) is 0 Å². The first-order valence-corrected chi connectivity index (χ1v) is 5.28. The number of ether oxygens (including phenoxy) is 1. The first kappa shape index (κ1) is 9.44. The zero-order valence-corrected chi connectivity index (χ0v) is 8.04. The van der Waals surface area contributed by atoms with E-state index < -0.39 is 5.60 Å². The lowest BCUT2D eigenvalue weighted by molar-refractivity contribution is -0.197. The maximum atomic E-state index is 9.98. The van der Waals surface area contributed by atoms with Crippen molar-refractivity contribution < 1.29 is 9.84 Å². The van der Waals surface area contributed by atoms with E-state index in [1.165, 1.54) is 32.1 Å². The predicted octanol–water partition coefficient (Wildman–Crippen LogP) is 0.655. The van der Waals surface area contributed by atoms with Crippen LogP contribution in [0.25, 0.3) is 0 Å². The van der Waals surface area contributed by atoms with Gasteiger partial charge in [-0.05, 0) is 18.8 Å². The normalized spacial score (nSPS) is 30.9. The van der Waals surface area contributed by atoms with E-state index in [-0.39, 0.29) is 6.04 Å². The van der Waals surface area contributed by atoms with Crippen LogP contribution >= 0.6 is 0 Å². The molecule has 0 aromatic rings. The second kappa shape index (κ2) is 3.56. The van der Waals surface area contributed by atoms with Gasteiger partial charge in [-0.1, -0.05) is 19.3 Å². The number of rotatable bonds is 2. The molecule has 13 heavy (non-hydrogen) atoms. The fraction of sp³-hybridized carbons (Fsp3) is 1.00. The van der Waals surface area contributed by atoms with Crippen molar-refractivity contribution in [2.24, 2.45) is 11.7 Å². The van der Waals surface area contributed by atoms with Crippen LogP contribution in [0.2, 0.25) is 0 Å². The molecule has 1 heterocycles. The Morgan fingerprint density at radius 2 is 1.85 bits per heavy atom.